The van der Waals surface area contributed by atoms with E-state index in [0.29, 0.717) is 17.6 Å². The Morgan fingerprint density at radius 1 is 0.750 bits per heavy atom. The van der Waals surface area contributed by atoms with Gasteiger partial charge in [-0.15, -0.1) is 0 Å². The van der Waals surface area contributed by atoms with E-state index in [4.69, 9.17) is 9.26 Å². The molecule has 0 aliphatic carbocycles. The Morgan fingerprint density at radius 3 is 1.50 bits per heavy atom. The monoisotopic (exact) mass is 538 g/mol. The van der Waals surface area contributed by atoms with Crippen LogP contribution in [0.25, 0.3) is 0 Å². The van der Waals surface area contributed by atoms with Crippen molar-refractivity contribution in [2.45, 2.75) is 142 Å². The van der Waals surface area contributed by atoms with Gasteiger partial charge in [0.15, 0.2) is 6.29 Å². The smallest absolute Gasteiger partial charge is 0.368 e. The summed E-state index contributed by atoms with van der Waals surface area (Å²) in [5.41, 5.74) is -0.690. The fourth-order valence-corrected chi connectivity index (χ4v) is 5.23. The number of nitrogens with zero attached hydrogens (tertiary/aromatic N) is 1. The van der Waals surface area contributed by atoms with Crippen molar-refractivity contribution >= 4 is 7.82 Å². The molecule has 0 fully saturated rings. The zero-order chi connectivity index (χ0) is 27.5. The molecule has 0 aromatic heterocycles. The van der Waals surface area contributed by atoms with Gasteiger partial charge in [-0.3, -0.25) is 4.52 Å². The van der Waals surface area contributed by atoms with Crippen LogP contribution in [0.2, 0.25) is 0 Å². The molecule has 0 saturated heterocycles. The second-order valence-corrected chi connectivity index (χ2v) is 13.6. The minimum absolute atomic E-state index is 0.285. The molecular formula is C28H61NO6P+. The summed E-state index contributed by atoms with van der Waals surface area (Å²) in [5.74, 6) is 0. The zero-order valence-corrected chi connectivity index (χ0v) is 25.4. The molecule has 0 radical (unpaired) electrons. The van der Waals surface area contributed by atoms with Crippen LogP contribution < -0.4 is 0 Å². The second-order valence-electron chi connectivity index (χ2n) is 12.4. The molecule has 218 valence electrons. The van der Waals surface area contributed by atoms with E-state index in [1.165, 1.54) is 89.9 Å². The fraction of sp³-hybridized carbons (Fsp3) is 1.00. The van der Waals surface area contributed by atoms with Crippen LogP contribution >= 0.6 is 7.82 Å². The summed E-state index contributed by atoms with van der Waals surface area (Å²) in [6.07, 6.45) is 19.6. The highest BCUT2D eigenvalue weighted by molar-refractivity contribution is 7.46. The van der Waals surface area contributed by atoms with Crippen molar-refractivity contribution in [3.05, 3.63) is 0 Å². The summed E-state index contributed by atoms with van der Waals surface area (Å²) in [4.78, 5) is 18.5. The Kier molecular flexibility index (Phi) is 20.0. The summed E-state index contributed by atoms with van der Waals surface area (Å²) in [6, 6.07) is 0. The van der Waals surface area contributed by atoms with Crippen LogP contribution in [0.3, 0.4) is 0 Å². The molecule has 0 spiro atoms. The van der Waals surface area contributed by atoms with E-state index < -0.39 is 25.6 Å². The average molecular weight is 539 g/mol. The SMILES string of the molecule is CCCCCCCCCCCCCCCCCCOC(O)C(C)(C)CC(C[N+](C)(C)C)OP(=O)(O)O. The number of unbranched alkanes of at least 4 members (excludes halogenated alkanes) is 15. The summed E-state index contributed by atoms with van der Waals surface area (Å²) in [7, 11) is 1.20. The third kappa shape index (κ3) is 23.1. The van der Waals surface area contributed by atoms with E-state index in [2.05, 4.69) is 6.92 Å². The van der Waals surface area contributed by atoms with Crippen LogP contribution in [0.1, 0.15) is 130 Å². The highest BCUT2D eigenvalue weighted by Crippen LogP contribution is 2.41. The molecule has 0 heterocycles. The van der Waals surface area contributed by atoms with Crippen LogP contribution in [0.5, 0.6) is 0 Å². The van der Waals surface area contributed by atoms with Crippen molar-refractivity contribution in [2.75, 3.05) is 34.3 Å². The molecule has 0 aromatic rings. The van der Waals surface area contributed by atoms with Crippen LogP contribution in [-0.4, -0.2) is 66.1 Å². The Balaban J connectivity index is 3.86. The van der Waals surface area contributed by atoms with Crippen molar-refractivity contribution in [2.24, 2.45) is 5.41 Å². The van der Waals surface area contributed by atoms with Crippen LogP contribution in [0.15, 0.2) is 0 Å². The minimum Gasteiger partial charge on any atom is -0.368 e. The third-order valence-corrected chi connectivity index (χ3v) is 7.31. The molecule has 0 saturated carbocycles. The summed E-state index contributed by atoms with van der Waals surface area (Å²) >= 11 is 0. The number of aliphatic hydroxyl groups excluding tert-OH is 1. The maximum absolute atomic E-state index is 11.4. The van der Waals surface area contributed by atoms with Gasteiger partial charge in [0.05, 0.1) is 21.1 Å². The van der Waals surface area contributed by atoms with Crippen molar-refractivity contribution < 1.29 is 33.2 Å². The first kappa shape index (κ1) is 36.0. The molecule has 7 nitrogen and oxygen atoms in total. The number of rotatable bonds is 25. The van der Waals surface area contributed by atoms with Gasteiger partial charge in [-0.05, 0) is 12.8 Å². The van der Waals surface area contributed by atoms with Gasteiger partial charge in [0.1, 0.15) is 12.6 Å². The number of likely N-dealkylation sites (N-methyl/N-ethyl adjacent to an activating group) is 1. The fourth-order valence-electron chi connectivity index (χ4n) is 4.70. The number of aliphatic hydroxyl groups is 1. The van der Waals surface area contributed by atoms with Gasteiger partial charge < -0.3 is 24.1 Å². The normalized spacial score (nSPS) is 14.8. The van der Waals surface area contributed by atoms with Crippen LogP contribution in [0.4, 0.5) is 0 Å². The molecular weight excluding hydrogens is 477 g/mol. The quantitative estimate of drug-likeness (QED) is 0.0493. The van der Waals surface area contributed by atoms with Gasteiger partial charge in [0.25, 0.3) is 0 Å². The molecule has 8 heteroatoms. The Labute approximate surface area is 223 Å². The summed E-state index contributed by atoms with van der Waals surface area (Å²) < 4.78 is 22.6. The van der Waals surface area contributed by atoms with E-state index in [0.717, 1.165) is 12.8 Å². The number of hydrogen-bond donors (Lipinski definition) is 3. The molecule has 2 unspecified atom stereocenters. The molecule has 0 bridgehead atoms. The van der Waals surface area contributed by atoms with Crippen molar-refractivity contribution in [1.29, 1.82) is 0 Å². The van der Waals surface area contributed by atoms with Gasteiger partial charge in [-0.25, -0.2) is 4.57 Å². The molecule has 3 N–H and O–H groups in total. The van der Waals surface area contributed by atoms with Gasteiger partial charge in [-0.2, -0.15) is 0 Å². The summed E-state index contributed by atoms with van der Waals surface area (Å²) in [6.45, 7) is 6.86. The number of quaternary nitrogens is 1. The lowest BCUT2D eigenvalue weighted by molar-refractivity contribution is -0.873. The lowest BCUT2D eigenvalue weighted by Crippen LogP contribution is -2.45. The number of phosphoric ester groups is 1. The largest absolute Gasteiger partial charge is 0.470 e. The minimum atomic E-state index is -4.61. The van der Waals surface area contributed by atoms with Crippen molar-refractivity contribution in [3.63, 3.8) is 0 Å². The number of ether oxygens (including phenoxy) is 1. The highest BCUT2D eigenvalue weighted by atomic mass is 31.2. The van der Waals surface area contributed by atoms with Crippen molar-refractivity contribution in [3.8, 4) is 0 Å². The second kappa shape index (κ2) is 20.0. The number of phosphoric acid groups is 1. The third-order valence-electron chi connectivity index (χ3n) is 6.73. The predicted molar refractivity (Wildman–Crippen MR) is 150 cm³/mol. The van der Waals surface area contributed by atoms with E-state index in [-0.39, 0.29) is 6.42 Å². The maximum Gasteiger partial charge on any atom is 0.470 e. The molecule has 0 aliphatic rings. The molecule has 2 atom stereocenters. The van der Waals surface area contributed by atoms with E-state index in [9.17, 15) is 19.5 Å². The van der Waals surface area contributed by atoms with E-state index >= 15 is 0 Å². The highest BCUT2D eigenvalue weighted by Gasteiger charge is 2.37. The first-order valence-corrected chi connectivity index (χ1v) is 16.1. The van der Waals surface area contributed by atoms with Crippen molar-refractivity contribution in [1.82, 2.24) is 0 Å². The lowest BCUT2D eigenvalue weighted by Gasteiger charge is -2.36. The predicted octanol–water partition coefficient (Wildman–Crippen LogP) is 7.18. The van der Waals surface area contributed by atoms with Crippen LogP contribution in [-0.2, 0) is 13.8 Å². The lowest BCUT2D eigenvalue weighted by atomic mass is 9.85. The van der Waals surface area contributed by atoms with Gasteiger partial charge in [0, 0.05) is 12.0 Å². The zero-order valence-electron chi connectivity index (χ0n) is 24.6. The van der Waals surface area contributed by atoms with E-state index in [1.54, 1.807) is 0 Å². The summed E-state index contributed by atoms with van der Waals surface area (Å²) in [5, 5.41) is 10.6. The Morgan fingerprint density at radius 2 is 1.14 bits per heavy atom. The average Bonchev–Trinajstić information content (AvgIpc) is 2.73. The molecule has 0 amide bonds. The molecule has 0 aliphatic heterocycles. The maximum atomic E-state index is 11.4. The first-order valence-electron chi connectivity index (χ1n) is 14.6. The topological polar surface area (TPSA) is 96.2 Å². The Hall–Kier alpha value is -0.0100. The molecule has 36 heavy (non-hydrogen) atoms. The van der Waals surface area contributed by atoms with Crippen LogP contribution in [0, 0.1) is 5.41 Å². The van der Waals surface area contributed by atoms with Gasteiger partial charge in [0.2, 0.25) is 0 Å². The first-order chi connectivity index (χ1) is 16.8. The van der Waals surface area contributed by atoms with Gasteiger partial charge >= 0.3 is 7.82 Å². The Bertz CT molecular complexity index is 561. The van der Waals surface area contributed by atoms with E-state index in [1.807, 2.05) is 35.0 Å². The molecule has 0 aromatic carbocycles. The number of hydrogen-bond acceptors (Lipinski definition) is 4. The molecule has 0 rings (SSSR count). The standard InChI is InChI=1S/C28H60NO6P/c1-7-8-9-10-11-12-13-14-15-16-17-18-19-20-21-22-23-34-27(30)28(2,3)24-26(25-29(4,5)6)35-36(31,32)33/h26-27,30H,7-25H2,1-6H3,(H-,31,32,33)/p+1. The van der Waals surface area contributed by atoms with Gasteiger partial charge in [-0.1, -0.05) is 117 Å².